The normalized spacial score (nSPS) is 10.6. The predicted octanol–water partition coefficient (Wildman–Crippen LogP) is 4.49. The van der Waals surface area contributed by atoms with Crippen molar-refractivity contribution in [3.8, 4) is 5.75 Å². The number of ether oxygens (including phenoxy) is 1. The Morgan fingerprint density at radius 1 is 0.941 bits per heavy atom. The molecule has 0 fully saturated rings. The second-order valence-corrected chi connectivity index (χ2v) is 4.08. The van der Waals surface area contributed by atoms with Crippen LogP contribution < -0.4 is 4.74 Å². The number of hydrogen-bond donors (Lipinski definition) is 0. The Balaban J connectivity index is 2.06. The number of methoxy groups -OCH3 is 1. The first kappa shape index (κ1) is 11.7. The fourth-order valence-corrected chi connectivity index (χ4v) is 1.81. The summed E-state index contributed by atoms with van der Waals surface area (Å²) in [7, 11) is 1.62. The highest BCUT2D eigenvalue weighted by molar-refractivity contribution is 7.97. The minimum atomic E-state index is 0.727. The summed E-state index contributed by atoms with van der Waals surface area (Å²) < 4.78 is 9.27. The van der Waals surface area contributed by atoms with Gasteiger partial charge in [0.05, 0.1) is 7.11 Å². The van der Waals surface area contributed by atoms with Gasteiger partial charge >= 0.3 is 0 Å². The lowest BCUT2D eigenvalue weighted by molar-refractivity contribution is 0.416. The molecule has 3 nitrogen and oxygen atoms in total. The summed E-state index contributed by atoms with van der Waals surface area (Å²) >= 11 is 1.34. The minimum Gasteiger partial charge on any atom is -0.494 e. The Bertz CT molecular complexity index is 500. The molecule has 0 spiro atoms. The first-order valence-corrected chi connectivity index (χ1v) is 5.93. The molecule has 4 heteroatoms. The van der Waals surface area contributed by atoms with Gasteiger partial charge in [-0.3, -0.25) is 0 Å². The smallest absolute Gasteiger partial charge is 0.146 e. The van der Waals surface area contributed by atoms with Gasteiger partial charge in [0.25, 0.3) is 0 Å². The van der Waals surface area contributed by atoms with E-state index >= 15 is 0 Å². The van der Waals surface area contributed by atoms with Crippen LogP contribution in [0.1, 0.15) is 0 Å². The van der Waals surface area contributed by atoms with E-state index in [4.69, 9.17) is 4.74 Å². The Morgan fingerprint density at radius 2 is 1.65 bits per heavy atom. The third-order valence-electron chi connectivity index (χ3n) is 2.12. The van der Waals surface area contributed by atoms with Crippen LogP contribution in [0.5, 0.6) is 5.75 Å². The molecule has 0 amide bonds. The molecule has 0 radical (unpaired) electrons. The molecule has 2 rings (SSSR count). The van der Waals surface area contributed by atoms with Crippen molar-refractivity contribution < 1.29 is 4.74 Å². The summed E-state index contributed by atoms with van der Waals surface area (Å²) in [4.78, 5) is 1.06. The molecule has 0 aliphatic carbocycles. The Labute approximate surface area is 105 Å². The van der Waals surface area contributed by atoms with E-state index in [2.05, 4.69) is 9.63 Å². The van der Waals surface area contributed by atoms with Gasteiger partial charge in [0.1, 0.15) is 11.4 Å². The topological polar surface area (TPSA) is 34.0 Å². The molecule has 0 unspecified atom stereocenters. The maximum absolute atomic E-state index is 5.19. The number of nitrogens with zero attached hydrogens (tertiary/aromatic N) is 2. The molecular formula is C13H12N2OS. The minimum absolute atomic E-state index is 0.727. The molecule has 0 aliphatic rings. The first-order valence-electron chi connectivity index (χ1n) is 5.16. The second kappa shape index (κ2) is 6.06. The standard InChI is InChI=1S/C13H12N2OS/c1-16-13-10-6-5-9-12(13)14-15-17-11-7-3-2-4-8-11/h2-10H,1H3. The van der Waals surface area contributed by atoms with Crippen LogP contribution in [0.3, 0.4) is 0 Å². The number of benzene rings is 2. The van der Waals surface area contributed by atoms with Crippen LogP contribution in [-0.4, -0.2) is 7.11 Å². The second-order valence-electron chi connectivity index (χ2n) is 3.26. The van der Waals surface area contributed by atoms with Gasteiger partial charge in [-0.15, -0.1) is 9.63 Å². The molecule has 0 saturated carbocycles. The van der Waals surface area contributed by atoms with Crippen LogP contribution in [0, 0.1) is 0 Å². The quantitative estimate of drug-likeness (QED) is 0.586. The van der Waals surface area contributed by atoms with Crippen molar-refractivity contribution in [3.63, 3.8) is 0 Å². The van der Waals surface area contributed by atoms with Crippen LogP contribution in [0.15, 0.2) is 69.1 Å². The summed E-state index contributed by atoms with van der Waals surface area (Å²) in [6.07, 6.45) is 0. The number of para-hydroxylation sites is 1. The monoisotopic (exact) mass is 244 g/mol. The zero-order valence-corrected chi connectivity index (χ0v) is 10.2. The van der Waals surface area contributed by atoms with Crippen LogP contribution >= 0.6 is 11.9 Å². The fourth-order valence-electron chi connectivity index (χ4n) is 1.31. The van der Waals surface area contributed by atoms with E-state index in [-0.39, 0.29) is 0 Å². The van der Waals surface area contributed by atoms with Crippen LogP contribution in [0.2, 0.25) is 0 Å². The van der Waals surface area contributed by atoms with Crippen molar-refractivity contribution in [3.05, 3.63) is 54.6 Å². The van der Waals surface area contributed by atoms with Crippen LogP contribution in [0.25, 0.3) is 0 Å². The third-order valence-corrected chi connectivity index (χ3v) is 2.77. The largest absolute Gasteiger partial charge is 0.494 e. The summed E-state index contributed by atoms with van der Waals surface area (Å²) in [5.74, 6) is 0.727. The van der Waals surface area contributed by atoms with E-state index < -0.39 is 0 Å². The van der Waals surface area contributed by atoms with Gasteiger partial charge < -0.3 is 4.74 Å². The third kappa shape index (κ3) is 3.32. The summed E-state index contributed by atoms with van der Waals surface area (Å²) in [5, 5.41) is 4.14. The molecule has 0 atom stereocenters. The molecule has 0 saturated heterocycles. The molecule has 0 aromatic heterocycles. The lowest BCUT2D eigenvalue weighted by Gasteiger charge is -2.01. The SMILES string of the molecule is COc1ccccc1N=NSc1ccccc1. The van der Waals surface area contributed by atoms with Gasteiger partial charge in [0, 0.05) is 16.8 Å². The summed E-state index contributed by atoms with van der Waals surface area (Å²) in [5.41, 5.74) is 0.735. The zero-order chi connectivity index (χ0) is 11.9. The lowest BCUT2D eigenvalue weighted by atomic mass is 10.3. The summed E-state index contributed by atoms with van der Waals surface area (Å²) in [6.45, 7) is 0. The Kier molecular flexibility index (Phi) is 4.16. The Morgan fingerprint density at radius 3 is 2.41 bits per heavy atom. The maximum Gasteiger partial charge on any atom is 0.146 e. The molecule has 0 aliphatic heterocycles. The molecule has 0 heterocycles. The van der Waals surface area contributed by atoms with Crippen molar-refractivity contribution >= 4 is 17.6 Å². The van der Waals surface area contributed by atoms with Crippen molar-refractivity contribution in [2.75, 3.05) is 7.11 Å². The number of hydrogen-bond acceptors (Lipinski definition) is 4. The molecular weight excluding hydrogens is 232 g/mol. The molecule has 0 bridgehead atoms. The van der Waals surface area contributed by atoms with Crippen LogP contribution in [0.4, 0.5) is 5.69 Å². The number of rotatable bonds is 4. The fraction of sp³-hybridized carbons (Fsp3) is 0.0769. The highest BCUT2D eigenvalue weighted by Gasteiger charge is 1.98. The first-order chi connectivity index (χ1) is 8.40. The highest BCUT2D eigenvalue weighted by Crippen LogP contribution is 2.29. The van der Waals surface area contributed by atoms with E-state index in [0.717, 1.165) is 16.3 Å². The molecule has 17 heavy (non-hydrogen) atoms. The van der Waals surface area contributed by atoms with Crippen molar-refractivity contribution in [1.29, 1.82) is 0 Å². The lowest BCUT2D eigenvalue weighted by Crippen LogP contribution is -1.81. The zero-order valence-electron chi connectivity index (χ0n) is 9.41. The van der Waals surface area contributed by atoms with Crippen molar-refractivity contribution in [2.24, 2.45) is 9.63 Å². The maximum atomic E-state index is 5.19. The average Bonchev–Trinajstić information content (AvgIpc) is 2.40. The van der Waals surface area contributed by atoms with Crippen LogP contribution in [-0.2, 0) is 0 Å². The highest BCUT2D eigenvalue weighted by atomic mass is 32.2. The van der Waals surface area contributed by atoms with Gasteiger partial charge in [-0.25, -0.2) is 0 Å². The van der Waals surface area contributed by atoms with E-state index in [1.165, 1.54) is 11.9 Å². The van der Waals surface area contributed by atoms with E-state index in [9.17, 15) is 0 Å². The van der Waals surface area contributed by atoms with Crippen molar-refractivity contribution in [1.82, 2.24) is 0 Å². The molecule has 2 aromatic rings. The molecule has 2 aromatic carbocycles. The average molecular weight is 244 g/mol. The van der Waals surface area contributed by atoms with Gasteiger partial charge in [-0.05, 0) is 24.3 Å². The van der Waals surface area contributed by atoms with E-state index in [1.807, 2.05) is 54.6 Å². The molecule has 86 valence electrons. The van der Waals surface area contributed by atoms with Crippen molar-refractivity contribution in [2.45, 2.75) is 4.90 Å². The van der Waals surface area contributed by atoms with E-state index in [0.29, 0.717) is 0 Å². The van der Waals surface area contributed by atoms with E-state index in [1.54, 1.807) is 7.11 Å². The van der Waals surface area contributed by atoms with Gasteiger partial charge in [-0.2, -0.15) is 0 Å². The summed E-state index contributed by atoms with van der Waals surface area (Å²) in [6, 6.07) is 17.4. The van der Waals surface area contributed by atoms with Gasteiger partial charge in [-0.1, -0.05) is 30.3 Å². The van der Waals surface area contributed by atoms with Gasteiger partial charge in [0.2, 0.25) is 0 Å². The van der Waals surface area contributed by atoms with Gasteiger partial charge in [0.15, 0.2) is 0 Å². The predicted molar refractivity (Wildman–Crippen MR) is 69.8 cm³/mol. The Hall–Kier alpha value is -1.81. The molecule has 0 N–H and O–H groups in total.